The number of rotatable bonds is 4. The number of carboxylic acid groups (broad SMARTS) is 1. The molecule has 3 aromatic rings. The smallest absolute Gasteiger partial charge is 0.337 e. The lowest BCUT2D eigenvalue weighted by molar-refractivity contribution is -0.120. The summed E-state index contributed by atoms with van der Waals surface area (Å²) in [6.07, 6.45) is 0.667. The van der Waals surface area contributed by atoms with Crippen LogP contribution in [-0.2, 0) is 9.59 Å². The maximum atomic E-state index is 13.7. The summed E-state index contributed by atoms with van der Waals surface area (Å²) < 4.78 is 0. The molecule has 3 aromatic carbocycles. The van der Waals surface area contributed by atoms with Crippen LogP contribution in [0.25, 0.3) is 0 Å². The minimum atomic E-state index is -1.21. The van der Waals surface area contributed by atoms with Crippen LogP contribution in [-0.4, -0.2) is 22.8 Å². The van der Waals surface area contributed by atoms with Gasteiger partial charge in [-0.2, -0.15) is 0 Å². The first-order valence-electron chi connectivity index (χ1n) is 11.4. The van der Waals surface area contributed by atoms with Crippen LogP contribution in [0, 0.1) is 0 Å². The molecule has 5 rings (SSSR count). The second kappa shape index (κ2) is 9.74. The number of allylic oxidation sites excluding steroid dienone is 2. The molecular formula is C28H20Cl3NO4. The molecule has 1 amide bonds. The van der Waals surface area contributed by atoms with Gasteiger partial charge in [0.25, 0.3) is 0 Å². The summed E-state index contributed by atoms with van der Waals surface area (Å²) in [6.45, 7) is 0. The number of ketones is 1. The Bertz CT molecular complexity index is 1410. The second-order valence-electron chi connectivity index (χ2n) is 8.89. The third kappa shape index (κ3) is 4.32. The number of carbonyl (C=O) groups is 3. The highest BCUT2D eigenvalue weighted by Crippen LogP contribution is 2.49. The minimum Gasteiger partial charge on any atom is -0.478 e. The van der Waals surface area contributed by atoms with Gasteiger partial charge in [0, 0.05) is 45.8 Å². The molecule has 0 spiro atoms. The summed E-state index contributed by atoms with van der Waals surface area (Å²) >= 11 is 19.1. The van der Waals surface area contributed by atoms with Crippen molar-refractivity contribution < 1.29 is 19.5 Å². The largest absolute Gasteiger partial charge is 0.478 e. The van der Waals surface area contributed by atoms with Gasteiger partial charge in [-0.25, -0.2) is 4.79 Å². The quantitative estimate of drug-likeness (QED) is 0.378. The number of carboxylic acids is 1. The van der Waals surface area contributed by atoms with Gasteiger partial charge < -0.3 is 5.11 Å². The lowest BCUT2D eigenvalue weighted by Crippen LogP contribution is -2.42. The number of Topliss-reactive ketones (excluding diaryl/α,β-unsaturated/α-hetero) is 1. The molecule has 0 saturated carbocycles. The van der Waals surface area contributed by atoms with E-state index in [4.69, 9.17) is 34.8 Å². The number of nitrogens with zero attached hydrogens (tertiary/aromatic N) is 1. The fraction of sp³-hybridized carbons (Fsp3) is 0.179. The molecule has 2 atom stereocenters. The standard InChI is InChI=1S/C28H20Cl3NO4/c29-20-10-9-17(13-18(20)28(35)36)32-23-11-16(15-5-2-1-3-6-15)12-24(33)27(23)19(14-25(32)34)26-21(30)7-4-8-22(26)31/h1-10,13,16,19H,11-12,14H2,(H,35,36). The van der Waals surface area contributed by atoms with Crippen molar-refractivity contribution in [1.29, 1.82) is 0 Å². The molecule has 1 N–H and O–H groups in total. The molecule has 1 aliphatic heterocycles. The molecule has 0 bridgehead atoms. The molecule has 5 nitrogen and oxygen atoms in total. The maximum absolute atomic E-state index is 13.7. The molecule has 36 heavy (non-hydrogen) atoms. The molecular weight excluding hydrogens is 521 g/mol. The van der Waals surface area contributed by atoms with Gasteiger partial charge in [0.05, 0.1) is 10.6 Å². The SMILES string of the molecule is O=C1CC(c2ccccc2)CC2=C1C(c1c(Cl)cccc1Cl)CC(=O)N2c1ccc(Cl)c(C(=O)O)c1. The molecule has 0 saturated heterocycles. The first-order valence-corrected chi connectivity index (χ1v) is 12.5. The van der Waals surface area contributed by atoms with E-state index >= 15 is 0 Å². The third-order valence-electron chi connectivity index (χ3n) is 6.79. The van der Waals surface area contributed by atoms with Crippen LogP contribution in [0.15, 0.2) is 78.0 Å². The summed E-state index contributed by atoms with van der Waals surface area (Å²) in [5.74, 6) is -2.31. The van der Waals surface area contributed by atoms with E-state index in [1.807, 2.05) is 30.3 Å². The predicted octanol–water partition coefficient (Wildman–Crippen LogP) is 7.27. The van der Waals surface area contributed by atoms with Gasteiger partial charge in [0.1, 0.15) is 0 Å². The highest BCUT2D eigenvalue weighted by molar-refractivity contribution is 6.36. The zero-order valence-corrected chi connectivity index (χ0v) is 21.1. The van der Waals surface area contributed by atoms with Gasteiger partial charge in [-0.15, -0.1) is 0 Å². The van der Waals surface area contributed by atoms with Crippen molar-refractivity contribution in [2.75, 3.05) is 4.90 Å². The Balaban J connectivity index is 1.71. The number of carbonyl (C=O) groups excluding carboxylic acids is 2. The molecule has 2 unspecified atom stereocenters. The Kier molecular flexibility index (Phi) is 6.64. The lowest BCUT2D eigenvalue weighted by Gasteiger charge is -2.41. The van der Waals surface area contributed by atoms with Crippen LogP contribution in [0.3, 0.4) is 0 Å². The van der Waals surface area contributed by atoms with Gasteiger partial charge in [0.2, 0.25) is 5.91 Å². The lowest BCUT2D eigenvalue weighted by atomic mass is 9.72. The topological polar surface area (TPSA) is 74.7 Å². The molecule has 182 valence electrons. The molecule has 8 heteroatoms. The van der Waals surface area contributed by atoms with Gasteiger partial charge in [0.15, 0.2) is 5.78 Å². The fourth-order valence-electron chi connectivity index (χ4n) is 5.20. The fourth-order valence-corrected chi connectivity index (χ4v) is 6.06. The van der Waals surface area contributed by atoms with Crippen LogP contribution >= 0.6 is 34.8 Å². The van der Waals surface area contributed by atoms with Crippen molar-refractivity contribution >= 4 is 58.1 Å². The van der Waals surface area contributed by atoms with Crippen LogP contribution in [0.5, 0.6) is 0 Å². The molecule has 0 fully saturated rings. The van der Waals surface area contributed by atoms with Crippen LogP contribution in [0.2, 0.25) is 15.1 Å². The van der Waals surface area contributed by atoms with Gasteiger partial charge in [-0.05, 0) is 53.8 Å². The van der Waals surface area contributed by atoms with Gasteiger partial charge >= 0.3 is 5.97 Å². The van der Waals surface area contributed by atoms with Crippen molar-refractivity contribution in [2.24, 2.45) is 0 Å². The average Bonchev–Trinajstić information content (AvgIpc) is 2.84. The Hall–Kier alpha value is -3.12. The number of benzene rings is 3. The van der Waals surface area contributed by atoms with Crippen LogP contribution < -0.4 is 4.90 Å². The van der Waals surface area contributed by atoms with E-state index in [9.17, 15) is 19.5 Å². The molecule has 2 aliphatic rings. The van der Waals surface area contributed by atoms with E-state index in [-0.39, 0.29) is 41.0 Å². The third-order valence-corrected chi connectivity index (χ3v) is 7.78. The summed E-state index contributed by atoms with van der Waals surface area (Å²) in [4.78, 5) is 40.6. The van der Waals surface area contributed by atoms with E-state index < -0.39 is 11.9 Å². The number of amides is 1. The van der Waals surface area contributed by atoms with E-state index in [0.717, 1.165) is 5.56 Å². The first-order chi connectivity index (χ1) is 17.3. The average molecular weight is 541 g/mol. The normalized spacial score (nSPS) is 19.9. The summed E-state index contributed by atoms with van der Waals surface area (Å²) in [5.41, 5.74) is 2.79. The van der Waals surface area contributed by atoms with E-state index in [1.54, 1.807) is 24.3 Å². The summed E-state index contributed by atoms with van der Waals surface area (Å²) in [5, 5.41) is 10.4. The zero-order chi connectivity index (χ0) is 25.6. The van der Waals surface area contributed by atoms with Crippen molar-refractivity contribution in [3.63, 3.8) is 0 Å². The number of aromatic carboxylic acids is 1. The van der Waals surface area contributed by atoms with Gasteiger partial charge in [-0.3, -0.25) is 14.5 Å². The molecule has 0 aromatic heterocycles. The second-order valence-corrected chi connectivity index (χ2v) is 10.1. The van der Waals surface area contributed by atoms with Crippen molar-refractivity contribution in [2.45, 2.75) is 31.1 Å². The molecule has 0 radical (unpaired) electrons. The number of hydrogen-bond donors (Lipinski definition) is 1. The summed E-state index contributed by atoms with van der Waals surface area (Å²) in [6, 6.07) is 19.2. The van der Waals surface area contributed by atoms with Crippen molar-refractivity contribution in [3.05, 3.63) is 110 Å². The molecule has 1 aliphatic carbocycles. The number of halogens is 3. The molecule has 1 heterocycles. The Morgan fingerprint density at radius 2 is 1.53 bits per heavy atom. The van der Waals surface area contributed by atoms with E-state index in [0.29, 0.717) is 39.0 Å². The van der Waals surface area contributed by atoms with Crippen molar-refractivity contribution in [3.8, 4) is 0 Å². The Labute approximate surface area is 222 Å². The Morgan fingerprint density at radius 3 is 2.19 bits per heavy atom. The number of anilines is 1. The predicted molar refractivity (Wildman–Crippen MR) is 140 cm³/mol. The van der Waals surface area contributed by atoms with Crippen molar-refractivity contribution in [1.82, 2.24) is 0 Å². The summed E-state index contributed by atoms with van der Waals surface area (Å²) in [7, 11) is 0. The first kappa shape index (κ1) is 24.6. The Morgan fingerprint density at radius 1 is 0.833 bits per heavy atom. The highest BCUT2D eigenvalue weighted by Gasteiger charge is 2.43. The maximum Gasteiger partial charge on any atom is 0.337 e. The highest BCUT2D eigenvalue weighted by atomic mass is 35.5. The van der Waals surface area contributed by atoms with E-state index in [2.05, 4.69) is 0 Å². The zero-order valence-electron chi connectivity index (χ0n) is 18.9. The number of hydrogen-bond acceptors (Lipinski definition) is 3. The minimum absolute atomic E-state index is 0.0327. The van der Waals surface area contributed by atoms with Gasteiger partial charge in [-0.1, -0.05) is 71.2 Å². The van der Waals surface area contributed by atoms with Crippen LogP contribution in [0.4, 0.5) is 5.69 Å². The van der Waals surface area contributed by atoms with Crippen LogP contribution in [0.1, 0.15) is 52.6 Å². The van der Waals surface area contributed by atoms with E-state index in [1.165, 1.54) is 17.0 Å². The monoisotopic (exact) mass is 539 g/mol.